The largest absolute Gasteiger partial charge is 0.228 e. The Kier molecular flexibility index (Phi) is 10.2. The number of benzene rings is 6. The molecule has 1 heterocycles. The lowest BCUT2D eigenvalue weighted by atomic mass is 9.79. The molecule has 0 radical (unpaired) electrons. The van der Waals surface area contributed by atoms with Gasteiger partial charge in [0.15, 0.2) is 5.82 Å². The van der Waals surface area contributed by atoms with Crippen molar-refractivity contribution < 1.29 is 0 Å². The second-order valence-corrected chi connectivity index (χ2v) is 22.2. The summed E-state index contributed by atoms with van der Waals surface area (Å²) in [4.78, 5) is 10.9. The maximum Gasteiger partial charge on any atom is 0.160 e. The van der Waals surface area contributed by atoms with Gasteiger partial charge in [0.25, 0.3) is 0 Å². The smallest absolute Gasteiger partial charge is 0.160 e. The Labute approximate surface area is 366 Å². The van der Waals surface area contributed by atoms with Gasteiger partial charge >= 0.3 is 0 Å². The van der Waals surface area contributed by atoms with E-state index in [0.717, 1.165) is 39.5 Å². The van der Waals surface area contributed by atoms with Crippen LogP contribution in [0.3, 0.4) is 0 Å². The third-order valence-corrected chi connectivity index (χ3v) is 12.9. The van der Waals surface area contributed by atoms with Crippen molar-refractivity contribution in [3.8, 4) is 67.3 Å². The zero-order valence-corrected chi connectivity index (χ0v) is 39.1. The van der Waals surface area contributed by atoms with Crippen LogP contribution in [0.2, 0.25) is 0 Å². The van der Waals surface area contributed by atoms with Crippen molar-refractivity contribution in [1.82, 2.24) is 9.97 Å². The number of rotatable bonds is 5. The van der Waals surface area contributed by atoms with Crippen molar-refractivity contribution in [1.29, 1.82) is 0 Å². The van der Waals surface area contributed by atoms with E-state index in [1.54, 1.807) is 0 Å². The predicted molar refractivity (Wildman–Crippen MR) is 262 cm³/mol. The van der Waals surface area contributed by atoms with Gasteiger partial charge < -0.3 is 0 Å². The van der Waals surface area contributed by atoms with Crippen LogP contribution < -0.4 is 0 Å². The van der Waals surface area contributed by atoms with Crippen LogP contribution in [0.4, 0.5) is 0 Å². The molecular formula is C59H64N2. The molecule has 0 saturated heterocycles. The van der Waals surface area contributed by atoms with E-state index < -0.39 is 0 Å². The Morgan fingerprint density at radius 3 is 1.18 bits per heavy atom. The van der Waals surface area contributed by atoms with Gasteiger partial charge in [0.2, 0.25) is 0 Å². The summed E-state index contributed by atoms with van der Waals surface area (Å²) < 4.78 is 0. The van der Waals surface area contributed by atoms with Gasteiger partial charge in [-0.05, 0) is 137 Å². The molecule has 0 aliphatic heterocycles. The summed E-state index contributed by atoms with van der Waals surface area (Å²) in [7, 11) is 0. The third-order valence-electron chi connectivity index (χ3n) is 12.9. The first-order valence-corrected chi connectivity index (χ1v) is 22.1. The summed E-state index contributed by atoms with van der Waals surface area (Å²) in [6.45, 7) is 32.3. The lowest BCUT2D eigenvalue weighted by Gasteiger charge is -2.27. The highest BCUT2D eigenvalue weighted by atomic mass is 14.9. The molecule has 0 saturated carbocycles. The van der Waals surface area contributed by atoms with Crippen molar-refractivity contribution in [2.24, 2.45) is 0 Å². The number of aromatic nitrogens is 2. The zero-order chi connectivity index (χ0) is 43.9. The van der Waals surface area contributed by atoms with E-state index >= 15 is 0 Å². The van der Waals surface area contributed by atoms with E-state index in [0.29, 0.717) is 0 Å². The molecule has 7 aromatic rings. The highest BCUT2D eigenvalue weighted by Gasteiger charge is 2.35. The third kappa shape index (κ3) is 8.27. The second kappa shape index (κ2) is 14.8. The van der Waals surface area contributed by atoms with E-state index in [-0.39, 0.29) is 27.1 Å². The average molecular weight is 801 g/mol. The van der Waals surface area contributed by atoms with E-state index in [4.69, 9.17) is 9.97 Å². The van der Waals surface area contributed by atoms with Gasteiger partial charge in [-0.25, -0.2) is 9.97 Å². The maximum absolute atomic E-state index is 5.44. The second-order valence-electron chi connectivity index (χ2n) is 22.2. The fourth-order valence-corrected chi connectivity index (χ4v) is 8.76. The Balaban J connectivity index is 1.27. The molecule has 0 atom stereocenters. The molecule has 6 aromatic carbocycles. The Bertz CT molecular complexity index is 2650. The predicted octanol–water partition coefficient (Wildman–Crippen LogP) is 16.3. The van der Waals surface area contributed by atoms with Crippen LogP contribution in [0.15, 0.2) is 133 Å². The van der Waals surface area contributed by atoms with Crippen LogP contribution in [-0.2, 0) is 27.1 Å². The Morgan fingerprint density at radius 2 is 0.721 bits per heavy atom. The van der Waals surface area contributed by atoms with Gasteiger partial charge in [-0.15, -0.1) is 0 Å². The van der Waals surface area contributed by atoms with E-state index in [1.165, 1.54) is 61.2 Å². The van der Waals surface area contributed by atoms with Gasteiger partial charge in [0.1, 0.15) is 0 Å². The molecule has 2 heteroatoms. The van der Waals surface area contributed by atoms with Crippen molar-refractivity contribution >= 4 is 0 Å². The molecular weight excluding hydrogens is 737 g/mol. The van der Waals surface area contributed by atoms with Crippen molar-refractivity contribution in [3.63, 3.8) is 0 Å². The van der Waals surface area contributed by atoms with Crippen LogP contribution in [0.25, 0.3) is 67.3 Å². The minimum atomic E-state index is -0.0496. The Hall–Kier alpha value is -5.60. The summed E-state index contributed by atoms with van der Waals surface area (Å²) in [6, 6.07) is 50.0. The van der Waals surface area contributed by atoms with Crippen LogP contribution in [-0.4, -0.2) is 9.97 Å². The molecule has 8 rings (SSSR count). The first kappa shape index (κ1) is 42.1. The SMILES string of the molecule is CC(C)(C)c1cc(-c2cc(-c3cc(C(C)(C)C)cc(C(C)(C)C)c3)nc(-c3cccc(-c4cccc(-c5ccc6c(c5)C(C)(C)c5ccccc5-6)c4)c3)n2)cc(C(C)(C)C)c1. The molecule has 1 aromatic heterocycles. The quantitative estimate of drug-likeness (QED) is 0.173. The maximum atomic E-state index is 5.44. The molecule has 0 amide bonds. The highest BCUT2D eigenvalue weighted by Crippen LogP contribution is 2.49. The molecule has 0 fully saturated rings. The molecule has 0 bridgehead atoms. The normalized spacial score (nSPS) is 13.9. The van der Waals surface area contributed by atoms with Crippen molar-refractivity contribution in [2.45, 2.75) is 124 Å². The first-order chi connectivity index (χ1) is 28.5. The van der Waals surface area contributed by atoms with E-state index in [9.17, 15) is 0 Å². The molecule has 2 nitrogen and oxygen atoms in total. The fraction of sp³-hybridized carbons (Fsp3) is 0.322. The average Bonchev–Trinajstić information content (AvgIpc) is 3.44. The monoisotopic (exact) mass is 801 g/mol. The molecule has 0 unspecified atom stereocenters. The summed E-state index contributed by atoms with van der Waals surface area (Å²) in [5.74, 6) is 0.725. The molecule has 61 heavy (non-hydrogen) atoms. The number of hydrogen-bond acceptors (Lipinski definition) is 2. The summed E-state index contributed by atoms with van der Waals surface area (Å²) >= 11 is 0. The van der Waals surface area contributed by atoms with Crippen LogP contribution in [0, 0.1) is 0 Å². The fourth-order valence-electron chi connectivity index (χ4n) is 8.76. The van der Waals surface area contributed by atoms with Gasteiger partial charge in [-0.3, -0.25) is 0 Å². The van der Waals surface area contributed by atoms with E-state index in [1.807, 2.05) is 0 Å². The van der Waals surface area contributed by atoms with Crippen molar-refractivity contribution in [3.05, 3.63) is 167 Å². The van der Waals surface area contributed by atoms with Gasteiger partial charge in [-0.2, -0.15) is 0 Å². The molecule has 0 N–H and O–H groups in total. The summed E-state index contributed by atoms with van der Waals surface area (Å²) in [5, 5.41) is 0. The summed E-state index contributed by atoms with van der Waals surface area (Å²) in [5.41, 5.74) is 20.4. The summed E-state index contributed by atoms with van der Waals surface area (Å²) in [6.07, 6.45) is 0. The van der Waals surface area contributed by atoms with Crippen LogP contribution in [0.1, 0.15) is 130 Å². The lowest BCUT2D eigenvalue weighted by molar-refractivity contribution is 0.568. The number of hydrogen-bond donors (Lipinski definition) is 0. The molecule has 1 aliphatic carbocycles. The first-order valence-electron chi connectivity index (χ1n) is 22.1. The molecule has 310 valence electrons. The lowest BCUT2D eigenvalue weighted by Crippen LogP contribution is -2.17. The molecule has 0 spiro atoms. The minimum absolute atomic E-state index is 0.0266. The highest BCUT2D eigenvalue weighted by molar-refractivity contribution is 5.85. The molecule has 1 aliphatic rings. The van der Waals surface area contributed by atoms with Crippen molar-refractivity contribution in [2.75, 3.05) is 0 Å². The number of nitrogens with zero attached hydrogens (tertiary/aromatic N) is 2. The zero-order valence-electron chi connectivity index (χ0n) is 39.1. The number of fused-ring (bicyclic) bond motifs is 3. The minimum Gasteiger partial charge on any atom is -0.228 e. The van der Waals surface area contributed by atoms with E-state index in [2.05, 4.69) is 230 Å². The van der Waals surface area contributed by atoms with Crippen LogP contribution in [0.5, 0.6) is 0 Å². The standard InChI is InChI=1S/C59H64N2/c1-55(2,3)44-29-42(30-45(34-44)56(4,5)6)52-36-53(43-31-46(57(7,8)9)35-47(32-43)58(10,11)12)61-54(60-52)41-22-18-21-39(28-41)37-19-17-20-38(27-37)40-25-26-49-48-23-15-16-24-50(48)59(13,14)51(49)33-40/h15-36H,1-14H3. The van der Waals surface area contributed by atoms with Crippen LogP contribution >= 0.6 is 0 Å². The van der Waals surface area contributed by atoms with Gasteiger partial charge in [-0.1, -0.05) is 182 Å². The Morgan fingerprint density at radius 1 is 0.328 bits per heavy atom. The van der Waals surface area contributed by atoms with Gasteiger partial charge in [0.05, 0.1) is 11.4 Å². The van der Waals surface area contributed by atoms with Gasteiger partial charge in [0, 0.05) is 22.1 Å². The topological polar surface area (TPSA) is 25.8 Å².